The third-order valence-electron chi connectivity index (χ3n) is 5.34. The van der Waals surface area contributed by atoms with Crippen molar-refractivity contribution in [2.75, 3.05) is 5.32 Å². The van der Waals surface area contributed by atoms with Crippen LogP contribution in [-0.2, 0) is 21.2 Å². The summed E-state index contributed by atoms with van der Waals surface area (Å²) < 4.78 is 28.4. The Morgan fingerprint density at radius 1 is 1.00 bits per heavy atom. The van der Waals surface area contributed by atoms with E-state index in [9.17, 15) is 18.3 Å². The van der Waals surface area contributed by atoms with Gasteiger partial charge in [0.05, 0.1) is 4.90 Å². The molecule has 0 aliphatic rings. The summed E-state index contributed by atoms with van der Waals surface area (Å²) in [5, 5.41) is 19.8. The van der Waals surface area contributed by atoms with Crippen molar-refractivity contribution in [2.45, 2.75) is 38.1 Å². The van der Waals surface area contributed by atoms with Gasteiger partial charge < -0.3 is 16.2 Å². The van der Waals surface area contributed by atoms with Gasteiger partial charge in [-0.15, -0.1) is 0 Å². The molecule has 0 radical (unpaired) electrons. The summed E-state index contributed by atoms with van der Waals surface area (Å²) in [5.74, 6) is -1.41. The number of hydrogen-bond donors (Lipinski definition) is 5. The van der Waals surface area contributed by atoms with Crippen LogP contribution in [0.2, 0.25) is 0 Å². The highest BCUT2D eigenvalue weighted by Gasteiger charge is 2.28. The fraction of sp³-hybridized carbons (Fsp3) is 0.200. The molecule has 0 spiro atoms. The number of anilines is 1. The van der Waals surface area contributed by atoms with Crippen LogP contribution >= 0.6 is 0 Å². The number of aryl methyl sites for hydroxylation is 3. The smallest absolute Gasteiger partial charge is 0.322 e. The predicted molar refractivity (Wildman–Crippen MR) is 134 cm³/mol. The van der Waals surface area contributed by atoms with Crippen LogP contribution in [0.5, 0.6) is 0 Å². The molecule has 6 N–H and O–H groups in total. The van der Waals surface area contributed by atoms with Gasteiger partial charge in [0.2, 0.25) is 10.0 Å². The molecule has 0 unspecified atom stereocenters. The third kappa shape index (κ3) is 6.00. The molecule has 8 nitrogen and oxygen atoms in total. The van der Waals surface area contributed by atoms with Crippen LogP contribution in [0.4, 0.5) is 5.69 Å². The fourth-order valence-electron chi connectivity index (χ4n) is 4.02. The van der Waals surface area contributed by atoms with Crippen LogP contribution in [0.15, 0.2) is 65.6 Å². The number of carboxylic acids is 1. The van der Waals surface area contributed by atoms with Crippen molar-refractivity contribution < 1.29 is 18.3 Å². The number of benzene rings is 3. The lowest BCUT2D eigenvalue weighted by Crippen LogP contribution is -2.42. The Hall–Kier alpha value is -3.69. The summed E-state index contributed by atoms with van der Waals surface area (Å²) in [5.41, 5.74) is 10.6. The number of carboxylic acid groups (broad SMARTS) is 1. The molecule has 3 rings (SSSR count). The van der Waals surface area contributed by atoms with Crippen molar-refractivity contribution >= 4 is 27.6 Å². The molecular weight excluding hydrogens is 452 g/mol. The number of rotatable bonds is 8. The zero-order valence-electron chi connectivity index (χ0n) is 19.2. The monoisotopic (exact) mass is 480 g/mol. The van der Waals surface area contributed by atoms with E-state index in [0.29, 0.717) is 22.4 Å². The highest BCUT2D eigenvalue weighted by Crippen LogP contribution is 2.25. The van der Waals surface area contributed by atoms with Gasteiger partial charge in [-0.2, -0.15) is 4.72 Å². The van der Waals surface area contributed by atoms with E-state index in [2.05, 4.69) is 10.0 Å². The van der Waals surface area contributed by atoms with E-state index in [1.807, 2.05) is 37.3 Å². The summed E-state index contributed by atoms with van der Waals surface area (Å²) in [6, 6.07) is 16.8. The minimum absolute atomic E-state index is 0.00919. The average Bonchev–Trinajstić information content (AvgIpc) is 2.72. The first-order valence-corrected chi connectivity index (χ1v) is 12.1. The molecule has 0 aliphatic carbocycles. The van der Waals surface area contributed by atoms with Gasteiger partial charge in [0.1, 0.15) is 6.04 Å². The van der Waals surface area contributed by atoms with Gasteiger partial charge in [-0.05, 0) is 67.1 Å². The molecule has 0 heterocycles. The Kier molecular flexibility index (Phi) is 7.38. The van der Waals surface area contributed by atoms with E-state index in [0.717, 1.165) is 16.7 Å². The molecule has 0 saturated heterocycles. The van der Waals surface area contributed by atoms with Crippen molar-refractivity contribution in [1.29, 1.82) is 5.41 Å². The molecular formula is C25H28N4O4S. The van der Waals surface area contributed by atoms with Crippen molar-refractivity contribution in [3.05, 3.63) is 82.9 Å². The van der Waals surface area contributed by atoms with Crippen LogP contribution in [0, 0.1) is 26.2 Å². The summed E-state index contributed by atoms with van der Waals surface area (Å²) in [7, 11) is -4.03. The SMILES string of the molecule is Cc1cc(C)c(S(=O)(=O)N[C@H](Cc2ccc(-c3cccc(NC(=N)N)c3)cc2)C(=O)O)c(C)c1. The van der Waals surface area contributed by atoms with E-state index in [1.54, 1.807) is 44.2 Å². The molecule has 0 aromatic heterocycles. The second kappa shape index (κ2) is 10.1. The van der Waals surface area contributed by atoms with Gasteiger partial charge in [-0.3, -0.25) is 10.2 Å². The Morgan fingerprint density at radius 3 is 2.18 bits per heavy atom. The maximum Gasteiger partial charge on any atom is 0.322 e. The van der Waals surface area contributed by atoms with Gasteiger partial charge in [0, 0.05) is 5.69 Å². The Balaban J connectivity index is 1.81. The minimum Gasteiger partial charge on any atom is -0.480 e. The van der Waals surface area contributed by atoms with Gasteiger partial charge >= 0.3 is 5.97 Å². The van der Waals surface area contributed by atoms with Crippen LogP contribution in [0.3, 0.4) is 0 Å². The zero-order chi connectivity index (χ0) is 25.0. The fourth-order valence-corrected chi connectivity index (χ4v) is 5.66. The lowest BCUT2D eigenvalue weighted by Gasteiger charge is -2.18. The van der Waals surface area contributed by atoms with E-state index >= 15 is 0 Å². The predicted octanol–water partition coefficient (Wildman–Crippen LogP) is 3.56. The molecule has 3 aromatic carbocycles. The largest absolute Gasteiger partial charge is 0.480 e. The first-order chi connectivity index (χ1) is 16.0. The number of aliphatic carboxylic acids is 1. The third-order valence-corrected chi connectivity index (χ3v) is 7.11. The molecule has 0 amide bonds. The van der Waals surface area contributed by atoms with E-state index in [4.69, 9.17) is 11.1 Å². The second-order valence-electron chi connectivity index (χ2n) is 8.26. The Morgan fingerprint density at radius 2 is 1.62 bits per heavy atom. The van der Waals surface area contributed by atoms with Gasteiger partial charge in [-0.25, -0.2) is 8.42 Å². The molecule has 9 heteroatoms. The lowest BCUT2D eigenvalue weighted by molar-refractivity contribution is -0.138. The summed E-state index contributed by atoms with van der Waals surface area (Å²) in [6.45, 7) is 5.28. The summed E-state index contributed by atoms with van der Waals surface area (Å²) in [6.07, 6.45) is -0.00919. The normalized spacial score (nSPS) is 12.2. The lowest BCUT2D eigenvalue weighted by atomic mass is 10.0. The van der Waals surface area contributed by atoms with E-state index < -0.39 is 22.0 Å². The van der Waals surface area contributed by atoms with Crippen molar-refractivity contribution in [3.63, 3.8) is 0 Å². The number of nitrogens with one attached hydrogen (secondary N) is 3. The van der Waals surface area contributed by atoms with Crippen LogP contribution in [0.25, 0.3) is 11.1 Å². The molecule has 0 saturated carbocycles. The van der Waals surface area contributed by atoms with Crippen molar-refractivity contribution in [2.24, 2.45) is 5.73 Å². The van der Waals surface area contributed by atoms with Gasteiger partial charge in [0.15, 0.2) is 5.96 Å². The quantitative estimate of drug-likeness (QED) is 0.246. The van der Waals surface area contributed by atoms with Gasteiger partial charge in [-0.1, -0.05) is 54.1 Å². The molecule has 1 atom stereocenters. The standard InChI is InChI=1S/C25H28N4O4S/c1-15-11-16(2)23(17(3)12-15)34(32,33)29-22(24(30)31)13-18-7-9-19(10-8-18)20-5-4-6-21(14-20)28-25(26)27/h4-12,14,22,29H,13H2,1-3H3,(H,30,31)(H4,26,27,28)/t22-/m1/s1. The highest BCUT2D eigenvalue weighted by molar-refractivity contribution is 7.89. The van der Waals surface area contributed by atoms with Crippen molar-refractivity contribution in [1.82, 2.24) is 4.72 Å². The zero-order valence-corrected chi connectivity index (χ0v) is 20.0. The number of hydrogen-bond acceptors (Lipinski definition) is 4. The highest BCUT2D eigenvalue weighted by atomic mass is 32.2. The first-order valence-electron chi connectivity index (χ1n) is 10.6. The topological polar surface area (TPSA) is 145 Å². The maximum absolute atomic E-state index is 13.0. The Labute approximate surface area is 199 Å². The molecule has 0 fully saturated rings. The number of carbonyl (C=O) groups is 1. The number of guanidine groups is 1. The summed E-state index contributed by atoms with van der Waals surface area (Å²) in [4.78, 5) is 12.0. The first kappa shape index (κ1) is 24.9. The van der Waals surface area contributed by atoms with E-state index in [-0.39, 0.29) is 17.3 Å². The molecule has 34 heavy (non-hydrogen) atoms. The number of nitrogens with two attached hydrogens (primary N) is 1. The molecule has 0 aliphatic heterocycles. The number of sulfonamides is 1. The van der Waals surface area contributed by atoms with Gasteiger partial charge in [0.25, 0.3) is 0 Å². The second-order valence-corrected chi connectivity index (χ2v) is 9.91. The molecule has 178 valence electrons. The van der Waals surface area contributed by atoms with E-state index in [1.165, 1.54) is 0 Å². The van der Waals surface area contributed by atoms with Crippen LogP contribution in [-0.4, -0.2) is 31.5 Å². The van der Waals surface area contributed by atoms with Crippen molar-refractivity contribution in [3.8, 4) is 11.1 Å². The van der Waals surface area contributed by atoms with Crippen LogP contribution < -0.4 is 15.8 Å². The average molecular weight is 481 g/mol. The maximum atomic E-state index is 13.0. The minimum atomic E-state index is -4.03. The van der Waals surface area contributed by atoms with Crippen LogP contribution in [0.1, 0.15) is 22.3 Å². The molecule has 0 bridgehead atoms. The summed E-state index contributed by atoms with van der Waals surface area (Å²) >= 11 is 0. The Bertz CT molecular complexity index is 1310. The molecule has 3 aromatic rings.